The Labute approximate surface area is 153 Å². The van der Waals surface area contributed by atoms with Crippen LogP contribution in [0.4, 0.5) is 18.9 Å². The Bertz CT molecular complexity index is 834. The Balaban J connectivity index is 1.84. The lowest BCUT2D eigenvalue weighted by molar-refractivity contribution is -0.137. The number of amides is 1. The van der Waals surface area contributed by atoms with Crippen molar-refractivity contribution in [2.24, 2.45) is 5.10 Å². The van der Waals surface area contributed by atoms with Gasteiger partial charge >= 0.3 is 12.1 Å². The van der Waals surface area contributed by atoms with Gasteiger partial charge in [0.15, 0.2) is 0 Å². The maximum Gasteiger partial charge on any atom is 0.416 e. The van der Waals surface area contributed by atoms with Crippen LogP contribution in [0.1, 0.15) is 21.5 Å². The lowest BCUT2D eigenvalue weighted by Gasteiger charge is -2.10. The third kappa shape index (κ3) is 6.14. The van der Waals surface area contributed by atoms with Crippen molar-refractivity contribution in [3.8, 4) is 0 Å². The summed E-state index contributed by atoms with van der Waals surface area (Å²) in [5, 5.41) is 6.34. The molecule has 0 aliphatic carbocycles. The molecule has 1 amide bonds. The second-order valence-electron chi connectivity index (χ2n) is 5.34. The standard InChI is InChI=1S/C18H16F3N3O3/c1-27-17(26)13-7-5-12(6-8-13)10-23-24-16(25)11-22-15-4-2-3-14(9-15)18(19,20)21/h2-10,22H,11H2,1H3,(H,24,25). The number of benzene rings is 2. The maximum atomic E-state index is 12.6. The number of esters is 1. The van der Waals surface area contributed by atoms with E-state index in [0.29, 0.717) is 11.1 Å². The predicted molar refractivity (Wildman–Crippen MR) is 93.5 cm³/mol. The molecule has 0 bridgehead atoms. The molecule has 0 unspecified atom stereocenters. The van der Waals surface area contributed by atoms with Gasteiger partial charge in [-0.25, -0.2) is 10.2 Å². The quantitative estimate of drug-likeness (QED) is 0.459. The molecule has 142 valence electrons. The molecule has 0 saturated heterocycles. The van der Waals surface area contributed by atoms with E-state index in [2.05, 4.69) is 20.6 Å². The molecular weight excluding hydrogens is 363 g/mol. The van der Waals surface area contributed by atoms with Gasteiger partial charge in [-0.05, 0) is 35.9 Å². The number of nitrogens with zero attached hydrogens (tertiary/aromatic N) is 1. The first-order chi connectivity index (χ1) is 12.8. The molecule has 0 heterocycles. The Morgan fingerprint density at radius 2 is 1.85 bits per heavy atom. The lowest BCUT2D eigenvalue weighted by Crippen LogP contribution is -2.26. The van der Waals surface area contributed by atoms with Gasteiger partial charge < -0.3 is 10.1 Å². The highest BCUT2D eigenvalue weighted by molar-refractivity contribution is 5.91. The minimum absolute atomic E-state index is 0.169. The number of ether oxygens (including phenoxy) is 1. The molecule has 0 saturated carbocycles. The molecule has 0 aliphatic rings. The number of carbonyl (C=O) groups excluding carboxylic acids is 2. The third-order valence-corrected chi connectivity index (χ3v) is 3.38. The van der Waals surface area contributed by atoms with Crippen LogP contribution in [0.15, 0.2) is 53.6 Å². The van der Waals surface area contributed by atoms with Gasteiger partial charge in [0.25, 0.3) is 5.91 Å². The first-order valence-corrected chi connectivity index (χ1v) is 7.71. The van der Waals surface area contributed by atoms with Crippen molar-refractivity contribution in [2.75, 3.05) is 19.0 Å². The van der Waals surface area contributed by atoms with Crippen molar-refractivity contribution in [3.05, 3.63) is 65.2 Å². The molecule has 0 aromatic heterocycles. The normalized spacial score (nSPS) is 11.3. The first kappa shape index (κ1) is 20.0. The van der Waals surface area contributed by atoms with E-state index in [9.17, 15) is 22.8 Å². The summed E-state index contributed by atoms with van der Waals surface area (Å²) in [7, 11) is 1.28. The van der Waals surface area contributed by atoms with E-state index < -0.39 is 23.6 Å². The van der Waals surface area contributed by atoms with E-state index in [1.54, 1.807) is 24.3 Å². The summed E-state index contributed by atoms with van der Waals surface area (Å²) in [6, 6.07) is 10.9. The van der Waals surface area contributed by atoms with Crippen molar-refractivity contribution in [1.82, 2.24) is 5.43 Å². The van der Waals surface area contributed by atoms with Gasteiger partial charge in [-0.2, -0.15) is 18.3 Å². The van der Waals surface area contributed by atoms with Crippen LogP contribution in [0.5, 0.6) is 0 Å². The van der Waals surface area contributed by atoms with E-state index in [1.807, 2.05) is 0 Å². The molecule has 0 radical (unpaired) electrons. The molecule has 2 rings (SSSR count). The molecule has 0 atom stereocenters. The Hall–Kier alpha value is -3.36. The number of alkyl halides is 3. The van der Waals surface area contributed by atoms with Crippen LogP contribution in [0.3, 0.4) is 0 Å². The number of halogens is 3. The molecule has 2 aromatic rings. The number of anilines is 1. The average Bonchev–Trinajstić information content (AvgIpc) is 2.66. The summed E-state index contributed by atoms with van der Waals surface area (Å²) in [4.78, 5) is 23.0. The lowest BCUT2D eigenvalue weighted by atomic mass is 10.1. The van der Waals surface area contributed by atoms with E-state index in [4.69, 9.17) is 0 Å². The van der Waals surface area contributed by atoms with E-state index in [-0.39, 0.29) is 12.2 Å². The number of rotatable bonds is 6. The third-order valence-electron chi connectivity index (χ3n) is 3.38. The first-order valence-electron chi connectivity index (χ1n) is 7.71. The van der Waals surface area contributed by atoms with Crippen LogP contribution in [0, 0.1) is 0 Å². The van der Waals surface area contributed by atoms with Crippen LogP contribution < -0.4 is 10.7 Å². The van der Waals surface area contributed by atoms with Crippen LogP contribution in [-0.4, -0.2) is 31.7 Å². The molecule has 2 N–H and O–H groups in total. The van der Waals surface area contributed by atoms with Crippen molar-refractivity contribution in [1.29, 1.82) is 0 Å². The van der Waals surface area contributed by atoms with Crippen molar-refractivity contribution < 1.29 is 27.5 Å². The minimum Gasteiger partial charge on any atom is -0.465 e. The van der Waals surface area contributed by atoms with Gasteiger partial charge in [0.1, 0.15) is 0 Å². The molecular formula is C18H16F3N3O3. The fourth-order valence-electron chi connectivity index (χ4n) is 2.03. The number of carbonyl (C=O) groups is 2. The highest BCUT2D eigenvalue weighted by Crippen LogP contribution is 2.30. The van der Waals surface area contributed by atoms with E-state index in [1.165, 1.54) is 25.5 Å². The Morgan fingerprint density at radius 3 is 2.48 bits per heavy atom. The smallest absolute Gasteiger partial charge is 0.416 e. The summed E-state index contributed by atoms with van der Waals surface area (Å²) in [6.07, 6.45) is -3.09. The predicted octanol–water partition coefficient (Wildman–Crippen LogP) is 3.05. The number of methoxy groups -OCH3 is 1. The zero-order chi connectivity index (χ0) is 19.9. The molecule has 6 nitrogen and oxygen atoms in total. The summed E-state index contributed by atoms with van der Waals surface area (Å²) in [6.45, 7) is -0.250. The zero-order valence-electron chi connectivity index (χ0n) is 14.2. The topological polar surface area (TPSA) is 79.8 Å². The van der Waals surface area contributed by atoms with Gasteiger partial charge in [-0.15, -0.1) is 0 Å². The van der Waals surface area contributed by atoms with Crippen molar-refractivity contribution >= 4 is 23.8 Å². The number of hydrazone groups is 1. The molecule has 2 aromatic carbocycles. The Kier molecular flexibility index (Phi) is 6.53. The zero-order valence-corrected chi connectivity index (χ0v) is 14.2. The van der Waals surface area contributed by atoms with Gasteiger partial charge in [0, 0.05) is 5.69 Å². The van der Waals surface area contributed by atoms with Crippen molar-refractivity contribution in [2.45, 2.75) is 6.18 Å². The largest absolute Gasteiger partial charge is 0.465 e. The average molecular weight is 379 g/mol. The fraction of sp³-hybridized carbons (Fsp3) is 0.167. The number of hydrogen-bond donors (Lipinski definition) is 2. The van der Waals surface area contributed by atoms with Crippen molar-refractivity contribution in [3.63, 3.8) is 0 Å². The van der Waals surface area contributed by atoms with E-state index >= 15 is 0 Å². The van der Waals surface area contributed by atoms with Gasteiger partial charge in [-0.3, -0.25) is 4.79 Å². The number of hydrogen-bond acceptors (Lipinski definition) is 5. The maximum absolute atomic E-state index is 12.6. The Morgan fingerprint density at radius 1 is 1.15 bits per heavy atom. The van der Waals surface area contributed by atoms with Crippen LogP contribution in [-0.2, 0) is 15.7 Å². The minimum atomic E-state index is -4.45. The highest BCUT2D eigenvalue weighted by Gasteiger charge is 2.30. The van der Waals surface area contributed by atoms with Gasteiger partial charge in [-0.1, -0.05) is 18.2 Å². The van der Waals surface area contributed by atoms with Gasteiger partial charge in [0.2, 0.25) is 0 Å². The second-order valence-corrected chi connectivity index (χ2v) is 5.34. The monoisotopic (exact) mass is 379 g/mol. The fourth-order valence-corrected chi connectivity index (χ4v) is 2.03. The second kappa shape index (κ2) is 8.84. The van der Waals surface area contributed by atoms with Gasteiger partial charge in [0.05, 0.1) is 31.0 Å². The summed E-state index contributed by atoms with van der Waals surface area (Å²) in [5.74, 6) is -0.998. The van der Waals surface area contributed by atoms with Crippen LogP contribution in [0.2, 0.25) is 0 Å². The summed E-state index contributed by atoms with van der Waals surface area (Å²) < 4.78 is 42.5. The molecule has 0 spiro atoms. The van der Waals surface area contributed by atoms with Crippen LogP contribution >= 0.6 is 0 Å². The molecule has 9 heteroatoms. The SMILES string of the molecule is COC(=O)c1ccc(C=NNC(=O)CNc2cccc(C(F)(F)F)c2)cc1. The highest BCUT2D eigenvalue weighted by atomic mass is 19.4. The molecule has 0 aliphatic heterocycles. The summed E-state index contributed by atoms with van der Waals surface area (Å²) >= 11 is 0. The molecule has 0 fully saturated rings. The van der Waals surface area contributed by atoms with Crippen LogP contribution in [0.25, 0.3) is 0 Å². The summed E-state index contributed by atoms with van der Waals surface area (Å²) in [5.41, 5.74) is 2.63. The number of nitrogens with one attached hydrogen (secondary N) is 2. The van der Waals surface area contributed by atoms with E-state index in [0.717, 1.165) is 12.1 Å². The molecule has 27 heavy (non-hydrogen) atoms.